The maximum Gasteiger partial charge on any atom is 0.240 e. The SMILES string of the molecule is CCC(C)NC(=O)CN(c1cc(C)c(Cl)cc1OC)S(C)(=O)=O. The molecule has 0 bridgehead atoms. The molecular weight excluding hydrogens is 340 g/mol. The van der Waals surface area contributed by atoms with Crippen molar-refractivity contribution in [3.8, 4) is 5.75 Å². The van der Waals surface area contributed by atoms with Crippen LogP contribution in [0.25, 0.3) is 0 Å². The van der Waals surface area contributed by atoms with Gasteiger partial charge in [0.25, 0.3) is 0 Å². The number of rotatable bonds is 7. The van der Waals surface area contributed by atoms with Crippen LogP contribution in [0.3, 0.4) is 0 Å². The molecule has 1 rings (SSSR count). The first-order chi connectivity index (χ1) is 10.6. The van der Waals surface area contributed by atoms with Crippen molar-refractivity contribution in [3.05, 3.63) is 22.7 Å². The third-order valence-corrected chi connectivity index (χ3v) is 4.97. The smallest absolute Gasteiger partial charge is 0.240 e. The Morgan fingerprint density at radius 1 is 1.43 bits per heavy atom. The van der Waals surface area contributed by atoms with Crippen LogP contribution in [-0.4, -0.2) is 40.3 Å². The van der Waals surface area contributed by atoms with Gasteiger partial charge in [-0.2, -0.15) is 0 Å². The van der Waals surface area contributed by atoms with Crippen molar-refractivity contribution in [2.45, 2.75) is 33.2 Å². The fraction of sp³-hybridized carbons (Fsp3) is 0.533. The van der Waals surface area contributed by atoms with Crippen LogP contribution in [0, 0.1) is 6.92 Å². The number of ether oxygens (including phenoxy) is 1. The van der Waals surface area contributed by atoms with E-state index in [4.69, 9.17) is 16.3 Å². The fourth-order valence-electron chi connectivity index (χ4n) is 1.94. The van der Waals surface area contributed by atoms with E-state index in [1.807, 2.05) is 13.8 Å². The number of hydrogen-bond acceptors (Lipinski definition) is 4. The van der Waals surface area contributed by atoms with E-state index in [0.717, 1.165) is 17.0 Å². The van der Waals surface area contributed by atoms with Crippen LogP contribution in [0.15, 0.2) is 12.1 Å². The van der Waals surface area contributed by atoms with Crippen molar-refractivity contribution < 1.29 is 17.9 Å². The summed E-state index contributed by atoms with van der Waals surface area (Å²) in [4.78, 5) is 12.1. The minimum atomic E-state index is -3.67. The molecule has 1 aromatic rings. The van der Waals surface area contributed by atoms with E-state index in [2.05, 4.69) is 5.32 Å². The molecule has 8 heteroatoms. The van der Waals surface area contributed by atoms with Crippen LogP contribution in [-0.2, 0) is 14.8 Å². The highest BCUT2D eigenvalue weighted by molar-refractivity contribution is 7.92. The molecule has 0 aliphatic heterocycles. The number of hydrogen-bond donors (Lipinski definition) is 1. The lowest BCUT2D eigenvalue weighted by molar-refractivity contribution is -0.120. The van der Waals surface area contributed by atoms with Gasteiger partial charge in [0.15, 0.2) is 0 Å². The minimum absolute atomic E-state index is 0.0299. The normalized spacial score (nSPS) is 12.6. The highest BCUT2D eigenvalue weighted by Crippen LogP contribution is 2.34. The van der Waals surface area contributed by atoms with Gasteiger partial charge in [0.2, 0.25) is 15.9 Å². The van der Waals surface area contributed by atoms with Crippen molar-refractivity contribution in [2.75, 3.05) is 24.2 Å². The Balaban J connectivity index is 3.24. The van der Waals surface area contributed by atoms with Gasteiger partial charge in [-0.15, -0.1) is 0 Å². The lowest BCUT2D eigenvalue weighted by atomic mass is 10.2. The van der Waals surface area contributed by atoms with Gasteiger partial charge in [-0.3, -0.25) is 9.10 Å². The molecule has 1 N–H and O–H groups in total. The average molecular weight is 363 g/mol. The Labute approximate surface area is 142 Å². The van der Waals surface area contributed by atoms with E-state index in [9.17, 15) is 13.2 Å². The third-order valence-electron chi connectivity index (χ3n) is 3.44. The molecule has 1 amide bonds. The summed E-state index contributed by atoms with van der Waals surface area (Å²) in [5, 5.41) is 3.21. The van der Waals surface area contributed by atoms with Gasteiger partial charge >= 0.3 is 0 Å². The molecule has 0 fully saturated rings. The molecule has 0 aliphatic carbocycles. The zero-order chi connectivity index (χ0) is 17.8. The third kappa shape index (κ3) is 5.28. The summed E-state index contributed by atoms with van der Waals surface area (Å²) in [5.41, 5.74) is 0.981. The number of carbonyl (C=O) groups is 1. The number of amides is 1. The van der Waals surface area contributed by atoms with E-state index in [1.165, 1.54) is 13.2 Å². The topological polar surface area (TPSA) is 75.7 Å². The molecule has 130 valence electrons. The zero-order valence-corrected chi connectivity index (χ0v) is 15.6. The van der Waals surface area contributed by atoms with Gasteiger partial charge in [-0.05, 0) is 31.9 Å². The quantitative estimate of drug-likeness (QED) is 0.807. The molecule has 1 aromatic carbocycles. The van der Waals surface area contributed by atoms with Crippen LogP contribution in [0.5, 0.6) is 5.75 Å². The molecular formula is C15H23ClN2O4S. The Kier molecular flexibility index (Phi) is 6.70. The van der Waals surface area contributed by atoms with Crippen molar-refractivity contribution in [1.29, 1.82) is 0 Å². The van der Waals surface area contributed by atoms with Gasteiger partial charge in [-0.1, -0.05) is 18.5 Å². The molecule has 0 saturated heterocycles. The molecule has 0 heterocycles. The lowest BCUT2D eigenvalue weighted by Gasteiger charge is -2.25. The Morgan fingerprint density at radius 3 is 2.52 bits per heavy atom. The summed E-state index contributed by atoms with van der Waals surface area (Å²) in [6, 6.07) is 3.10. The minimum Gasteiger partial charge on any atom is -0.494 e. The Bertz CT molecular complexity index is 676. The second-order valence-corrected chi connectivity index (χ2v) is 7.73. The maximum absolute atomic E-state index is 12.1. The van der Waals surface area contributed by atoms with E-state index in [1.54, 1.807) is 13.0 Å². The average Bonchev–Trinajstić information content (AvgIpc) is 2.46. The Hall–Kier alpha value is -1.47. The van der Waals surface area contributed by atoms with Crippen molar-refractivity contribution in [2.24, 2.45) is 0 Å². The van der Waals surface area contributed by atoms with Gasteiger partial charge in [0.1, 0.15) is 12.3 Å². The molecule has 0 saturated carbocycles. The monoisotopic (exact) mass is 362 g/mol. The highest BCUT2D eigenvalue weighted by Gasteiger charge is 2.25. The van der Waals surface area contributed by atoms with Gasteiger partial charge in [-0.25, -0.2) is 8.42 Å². The number of nitrogens with zero attached hydrogens (tertiary/aromatic N) is 1. The number of sulfonamides is 1. The maximum atomic E-state index is 12.1. The zero-order valence-electron chi connectivity index (χ0n) is 14.0. The molecule has 0 aliphatic rings. The first kappa shape index (κ1) is 19.6. The number of halogens is 1. The van der Waals surface area contributed by atoms with Gasteiger partial charge in [0.05, 0.1) is 19.1 Å². The summed E-state index contributed by atoms with van der Waals surface area (Å²) in [5.74, 6) is -0.0817. The second-order valence-electron chi connectivity index (χ2n) is 5.42. The molecule has 0 spiro atoms. The summed E-state index contributed by atoms with van der Waals surface area (Å²) in [6.45, 7) is 5.23. The molecule has 23 heavy (non-hydrogen) atoms. The van der Waals surface area contributed by atoms with Crippen LogP contribution < -0.4 is 14.4 Å². The van der Waals surface area contributed by atoms with E-state index < -0.39 is 10.0 Å². The number of aryl methyl sites for hydroxylation is 1. The first-order valence-corrected chi connectivity index (χ1v) is 9.44. The summed E-state index contributed by atoms with van der Waals surface area (Å²) >= 11 is 6.05. The molecule has 1 atom stereocenters. The number of carbonyl (C=O) groups excluding carboxylic acids is 1. The predicted molar refractivity (Wildman–Crippen MR) is 92.8 cm³/mol. The van der Waals surface area contributed by atoms with E-state index in [0.29, 0.717) is 16.3 Å². The highest BCUT2D eigenvalue weighted by atomic mass is 35.5. The summed E-state index contributed by atoms with van der Waals surface area (Å²) in [7, 11) is -2.25. The van der Waals surface area contributed by atoms with E-state index in [-0.39, 0.29) is 24.2 Å². The number of methoxy groups -OCH3 is 1. The summed E-state index contributed by atoms with van der Waals surface area (Å²) < 4.78 is 30.5. The molecule has 0 radical (unpaired) electrons. The number of benzene rings is 1. The number of nitrogens with one attached hydrogen (secondary N) is 1. The van der Waals surface area contributed by atoms with Crippen molar-refractivity contribution in [3.63, 3.8) is 0 Å². The second kappa shape index (κ2) is 7.88. The van der Waals surface area contributed by atoms with Crippen molar-refractivity contribution in [1.82, 2.24) is 5.32 Å². The molecule has 1 unspecified atom stereocenters. The van der Waals surface area contributed by atoms with Crippen LogP contribution in [0.2, 0.25) is 5.02 Å². The predicted octanol–water partition coefficient (Wildman–Crippen LogP) is 2.34. The Morgan fingerprint density at radius 2 is 2.04 bits per heavy atom. The lowest BCUT2D eigenvalue weighted by Crippen LogP contribution is -2.43. The van der Waals surface area contributed by atoms with Crippen LogP contribution >= 0.6 is 11.6 Å². The fourth-order valence-corrected chi connectivity index (χ4v) is 2.95. The standard InChI is InChI=1S/C15H23ClN2O4S/c1-6-11(3)17-15(19)9-18(23(5,20)21)13-7-10(2)12(16)8-14(13)22-4/h7-8,11H,6,9H2,1-5H3,(H,17,19). The largest absolute Gasteiger partial charge is 0.494 e. The van der Waals surface area contributed by atoms with Gasteiger partial charge in [0, 0.05) is 17.1 Å². The van der Waals surface area contributed by atoms with Crippen LogP contribution in [0.4, 0.5) is 5.69 Å². The van der Waals surface area contributed by atoms with Crippen molar-refractivity contribution >= 4 is 33.2 Å². The van der Waals surface area contributed by atoms with Gasteiger partial charge < -0.3 is 10.1 Å². The van der Waals surface area contributed by atoms with E-state index >= 15 is 0 Å². The number of anilines is 1. The van der Waals surface area contributed by atoms with Crippen LogP contribution in [0.1, 0.15) is 25.8 Å². The molecule has 6 nitrogen and oxygen atoms in total. The first-order valence-electron chi connectivity index (χ1n) is 7.21. The summed E-state index contributed by atoms with van der Waals surface area (Å²) in [6.07, 6.45) is 1.81. The molecule has 0 aromatic heterocycles.